The van der Waals surface area contributed by atoms with Crippen molar-refractivity contribution in [2.45, 2.75) is 32.2 Å². The Morgan fingerprint density at radius 1 is 1.05 bits per heavy atom. The number of rotatable bonds is 3. The van der Waals surface area contributed by atoms with Crippen LogP contribution < -0.4 is 10.5 Å². The summed E-state index contributed by atoms with van der Waals surface area (Å²) in [5.74, 6) is 1.34. The van der Waals surface area contributed by atoms with Crippen LogP contribution in [-0.2, 0) is 19.4 Å². The fourth-order valence-electron chi connectivity index (χ4n) is 2.40. The van der Waals surface area contributed by atoms with Crippen molar-refractivity contribution in [3.8, 4) is 11.6 Å². The highest BCUT2D eigenvalue weighted by Gasteiger charge is 2.10. The van der Waals surface area contributed by atoms with Gasteiger partial charge in [-0.15, -0.1) is 0 Å². The molecule has 19 heavy (non-hydrogen) atoms. The van der Waals surface area contributed by atoms with Crippen molar-refractivity contribution in [3.63, 3.8) is 0 Å². The summed E-state index contributed by atoms with van der Waals surface area (Å²) in [5.41, 5.74) is 9.09. The standard InChI is InChI=1S/C15H17N3O/c16-8-13-9-18-15(10-17-13)19-14-6-5-11-3-1-2-4-12(11)7-14/h5-7,9-10H,1-4,8,16H2. The third kappa shape index (κ3) is 2.74. The zero-order valence-corrected chi connectivity index (χ0v) is 10.8. The highest BCUT2D eigenvalue weighted by atomic mass is 16.5. The second-order valence-electron chi connectivity index (χ2n) is 4.79. The number of ether oxygens (including phenoxy) is 1. The van der Waals surface area contributed by atoms with Crippen molar-refractivity contribution in [1.29, 1.82) is 0 Å². The van der Waals surface area contributed by atoms with Gasteiger partial charge in [0.1, 0.15) is 5.75 Å². The van der Waals surface area contributed by atoms with Gasteiger partial charge in [0.05, 0.1) is 18.1 Å². The second kappa shape index (κ2) is 5.36. The lowest BCUT2D eigenvalue weighted by atomic mass is 9.92. The summed E-state index contributed by atoms with van der Waals surface area (Å²) in [6.07, 6.45) is 8.14. The van der Waals surface area contributed by atoms with Crippen molar-refractivity contribution in [2.24, 2.45) is 5.73 Å². The Bertz CT molecular complexity index is 566. The lowest BCUT2D eigenvalue weighted by molar-refractivity contribution is 0.457. The highest BCUT2D eigenvalue weighted by molar-refractivity contribution is 5.38. The average molecular weight is 255 g/mol. The zero-order chi connectivity index (χ0) is 13.1. The first-order valence-corrected chi connectivity index (χ1v) is 6.66. The third-order valence-corrected chi connectivity index (χ3v) is 3.43. The Morgan fingerprint density at radius 2 is 1.89 bits per heavy atom. The van der Waals surface area contributed by atoms with Crippen molar-refractivity contribution < 1.29 is 4.74 Å². The minimum atomic E-state index is 0.395. The van der Waals surface area contributed by atoms with E-state index in [4.69, 9.17) is 10.5 Å². The smallest absolute Gasteiger partial charge is 0.237 e. The van der Waals surface area contributed by atoms with Crippen molar-refractivity contribution >= 4 is 0 Å². The first-order valence-electron chi connectivity index (χ1n) is 6.66. The molecule has 1 aliphatic rings. The Balaban J connectivity index is 1.78. The average Bonchev–Trinajstić information content (AvgIpc) is 2.48. The molecule has 0 aliphatic heterocycles. The zero-order valence-electron chi connectivity index (χ0n) is 10.8. The van der Waals surface area contributed by atoms with Crippen LogP contribution in [0.15, 0.2) is 30.6 Å². The van der Waals surface area contributed by atoms with Gasteiger partial charge in [-0.3, -0.25) is 4.98 Å². The molecule has 0 radical (unpaired) electrons. The first kappa shape index (κ1) is 12.1. The number of benzene rings is 1. The maximum Gasteiger partial charge on any atom is 0.237 e. The van der Waals surface area contributed by atoms with Crippen LogP contribution in [0.4, 0.5) is 0 Å². The Labute approximate surface area is 112 Å². The Kier molecular flexibility index (Phi) is 3.42. The molecule has 0 spiro atoms. The van der Waals surface area contributed by atoms with E-state index in [1.165, 1.54) is 30.4 Å². The number of fused-ring (bicyclic) bond motifs is 1. The lowest BCUT2D eigenvalue weighted by Gasteiger charge is -2.16. The molecule has 2 aromatic rings. The summed E-state index contributed by atoms with van der Waals surface area (Å²) in [6, 6.07) is 6.28. The molecule has 0 atom stereocenters. The molecule has 2 N–H and O–H groups in total. The highest BCUT2D eigenvalue weighted by Crippen LogP contribution is 2.27. The van der Waals surface area contributed by atoms with E-state index < -0.39 is 0 Å². The topological polar surface area (TPSA) is 61.0 Å². The van der Waals surface area contributed by atoms with E-state index in [1.807, 2.05) is 6.07 Å². The number of hydrogen-bond donors (Lipinski definition) is 1. The first-order chi connectivity index (χ1) is 9.35. The summed E-state index contributed by atoms with van der Waals surface area (Å²) >= 11 is 0. The van der Waals surface area contributed by atoms with Gasteiger partial charge >= 0.3 is 0 Å². The van der Waals surface area contributed by atoms with E-state index in [2.05, 4.69) is 22.1 Å². The van der Waals surface area contributed by atoms with Crippen LogP contribution >= 0.6 is 0 Å². The molecule has 4 nitrogen and oxygen atoms in total. The van der Waals surface area contributed by atoms with Crippen molar-refractivity contribution in [1.82, 2.24) is 9.97 Å². The monoisotopic (exact) mass is 255 g/mol. The second-order valence-corrected chi connectivity index (χ2v) is 4.79. The van der Waals surface area contributed by atoms with Gasteiger partial charge < -0.3 is 10.5 Å². The van der Waals surface area contributed by atoms with Crippen LogP contribution in [0.5, 0.6) is 11.6 Å². The van der Waals surface area contributed by atoms with E-state index in [0.717, 1.165) is 17.9 Å². The van der Waals surface area contributed by atoms with Gasteiger partial charge in [-0.25, -0.2) is 4.98 Å². The van der Waals surface area contributed by atoms with Gasteiger partial charge in [-0.2, -0.15) is 0 Å². The van der Waals surface area contributed by atoms with Crippen LogP contribution in [0.2, 0.25) is 0 Å². The number of hydrogen-bond acceptors (Lipinski definition) is 4. The molecule has 3 rings (SSSR count). The minimum absolute atomic E-state index is 0.395. The molecular weight excluding hydrogens is 238 g/mol. The summed E-state index contributed by atoms with van der Waals surface area (Å²) in [6.45, 7) is 0.395. The van der Waals surface area contributed by atoms with Crippen LogP contribution in [0, 0.1) is 0 Å². The molecule has 0 unspecified atom stereocenters. The van der Waals surface area contributed by atoms with Gasteiger partial charge in [0.15, 0.2) is 0 Å². The third-order valence-electron chi connectivity index (χ3n) is 3.43. The molecule has 1 aliphatic carbocycles. The molecule has 1 aromatic heterocycles. The SMILES string of the molecule is NCc1cnc(Oc2ccc3c(c2)CCCC3)cn1. The Morgan fingerprint density at radius 3 is 2.63 bits per heavy atom. The van der Waals surface area contributed by atoms with Gasteiger partial charge in [-0.1, -0.05) is 6.07 Å². The number of aryl methyl sites for hydroxylation is 2. The predicted octanol–water partition coefficient (Wildman–Crippen LogP) is 2.61. The molecule has 0 saturated heterocycles. The summed E-state index contributed by atoms with van der Waals surface area (Å²) in [5, 5.41) is 0. The molecule has 1 heterocycles. The molecule has 0 amide bonds. The van der Waals surface area contributed by atoms with Gasteiger partial charge in [0.2, 0.25) is 5.88 Å². The molecular formula is C15H17N3O. The normalized spacial score (nSPS) is 13.9. The molecule has 1 aromatic carbocycles. The van der Waals surface area contributed by atoms with Crippen molar-refractivity contribution in [2.75, 3.05) is 0 Å². The van der Waals surface area contributed by atoms with E-state index in [0.29, 0.717) is 12.4 Å². The van der Waals surface area contributed by atoms with E-state index in [1.54, 1.807) is 12.4 Å². The minimum Gasteiger partial charge on any atom is -0.437 e. The molecule has 0 fully saturated rings. The lowest BCUT2D eigenvalue weighted by Crippen LogP contribution is -2.03. The summed E-state index contributed by atoms with van der Waals surface area (Å²) in [7, 11) is 0. The largest absolute Gasteiger partial charge is 0.437 e. The molecule has 4 heteroatoms. The van der Waals surface area contributed by atoms with E-state index >= 15 is 0 Å². The summed E-state index contributed by atoms with van der Waals surface area (Å²) < 4.78 is 5.73. The van der Waals surface area contributed by atoms with Crippen LogP contribution in [0.3, 0.4) is 0 Å². The number of nitrogens with zero attached hydrogens (tertiary/aromatic N) is 2. The van der Waals surface area contributed by atoms with Crippen LogP contribution in [0.25, 0.3) is 0 Å². The van der Waals surface area contributed by atoms with Crippen LogP contribution in [-0.4, -0.2) is 9.97 Å². The van der Waals surface area contributed by atoms with E-state index in [-0.39, 0.29) is 0 Å². The maximum atomic E-state index is 5.73. The number of aromatic nitrogens is 2. The molecule has 0 saturated carbocycles. The predicted molar refractivity (Wildman–Crippen MR) is 73.1 cm³/mol. The number of nitrogens with two attached hydrogens (primary N) is 1. The van der Waals surface area contributed by atoms with Gasteiger partial charge in [0.25, 0.3) is 0 Å². The fraction of sp³-hybridized carbons (Fsp3) is 0.333. The molecule has 98 valence electrons. The Hall–Kier alpha value is -1.94. The fourth-order valence-corrected chi connectivity index (χ4v) is 2.40. The van der Waals surface area contributed by atoms with Gasteiger partial charge in [-0.05, 0) is 48.9 Å². The van der Waals surface area contributed by atoms with E-state index in [9.17, 15) is 0 Å². The van der Waals surface area contributed by atoms with Gasteiger partial charge in [0, 0.05) is 6.54 Å². The quantitative estimate of drug-likeness (QED) is 0.915. The van der Waals surface area contributed by atoms with Crippen LogP contribution in [0.1, 0.15) is 29.7 Å². The van der Waals surface area contributed by atoms with Crippen molar-refractivity contribution in [3.05, 3.63) is 47.4 Å². The summed E-state index contributed by atoms with van der Waals surface area (Å²) in [4.78, 5) is 8.36. The molecule has 0 bridgehead atoms. The maximum absolute atomic E-state index is 5.73.